The molecule has 0 radical (unpaired) electrons. The normalized spacial score (nSPS) is 20.9. The molecule has 1 saturated heterocycles. The Balaban J connectivity index is 2.13. The molecule has 1 aromatic rings. The summed E-state index contributed by atoms with van der Waals surface area (Å²) in [6, 6.07) is 5.91. The summed E-state index contributed by atoms with van der Waals surface area (Å²) >= 11 is 12.3. The number of hydrogen-bond acceptors (Lipinski definition) is 2. The van der Waals surface area contributed by atoms with Crippen LogP contribution < -0.4 is 5.73 Å². The quantitative estimate of drug-likeness (QED) is 0.886. The van der Waals surface area contributed by atoms with E-state index < -0.39 is 0 Å². The van der Waals surface area contributed by atoms with E-state index in [0.717, 1.165) is 23.7 Å². The van der Waals surface area contributed by atoms with Crippen LogP contribution >= 0.6 is 23.2 Å². The Bertz CT molecular complexity index is 454. The van der Waals surface area contributed by atoms with Gasteiger partial charge in [0.15, 0.2) is 0 Å². The Labute approximate surface area is 132 Å². The van der Waals surface area contributed by atoms with Gasteiger partial charge >= 0.3 is 0 Å². The van der Waals surface area contributed by atoms with Gasteiger partial charge in [-0.2, -0.15) is 0 Å². The number of halogens is 2. The van der Waals surface area contributed by atoms with Gasteiger partial charge in [-0.15, -0.1) is 0 Å². The fourth-order valence-corrected chi connectivity index (χ4v) is 3.51. The molecule has 20 heavy (non-hydrogen) atoms. The van der Waals surface area contributed by atoms with Gasteiger partial charge in [0.25, 0.3) is 0 Å². The van der Waals surface area contributed by atoms with E-state index in [9.17, 15) is 0 Å². The summed E-state index contributed by atoms with van der Waals surface area (Å²) in [5.74, 6) is 0. The molecule has 1 aliphatic rings. The van der Waals surface area contributed by atoms with Gasteiger partial charge < -0.3 is 5.73 Å². The van der Waals surface area contributed by atoms with Crippen LogP contribution in [0.4, 0.5) is 0 Å². The predicted molar refractivity (Wildman–Crippen MR) is 87.5 cm³/mol. The van der Waals surface area contributed by atoms with Gasteiger partial charge in [-0.05, 0) is 49.0 Å². The number of nitrogens with two attached hydrogens (primary N) is 1. The summed E-state index contributed by atoms with van der Waals surface area (Å²) in [5.41, 5.74) is 7.59. The first kappa shape index (κ1) is 16.1. The molecule has 0 spiro atoms. The minimum absolute atomic E-state index is 0.196. The Hall–Kier alpha value is -0.280. The van der Waals surface area contributed by atoms with Crippen LogP contribution in [-0.2, 0) is 0 Å². The second-order valence-electron chi connectivity index (χ2n) is 6.12. The lowest BCUT2D eigenvalue weighted by Gasteiger charge is -2.42. The highest BCUT2D eigenvalue weighted by Crippen LogP contribution is 2.38. The molecular formula is C16H24Cl2N2. The fourth-order valence-electron chi connectivity index (χ4n) is 2.97. The highest BCUT2D eigenvalue weighted by Gasteiger charge is 2.32. The third kappa shape index (κ3) is 3.48. The van der Waals surface area contributed by atoms with Crippen molar-refractivity contribution in [3.63, 3.8) is 0 Å². The molecule has 0 amide bonds. The van der Waals surface area contributed by atoms with Gasteiger partial charge in [0.05, 0.1) is 0 Å². The van der Waals surface area contributed by atoms with Crippen LogP contribution in [0.2, 0.25) is 10.0 Å². The lowest BCUT2D eigenvalue weighted by Crippen LogP contribution is -2.42. The smallest absolute Gasteiger partial charge is 0.0485 e. The van der Waals surface area contributed by atoms with Crippen LogP contribution in [0, 0.1) is 5.41 Å². The maximum Gasteiger partial charge on any atom is 0.0485 e. The van der Waals surface area contributed by atoms with Crippen molar-refractivity contribution >= 4 is 23.2 Å². The number of nitrogens with zero attached hydrogens (tertiary/aromatic N) is 1. The molecule has 1 aliphatic heterocycles. The fraction of sp³-hybridized carbons (Fsp3) is 0.625. The zero-order chi connectivity index (χ0) is 14.8. The van der Waals surface area contributed by atoms with E-state index in [0.29, 0.717) is 17.0 Å². The van der Waals surface area contributed by atoms with E-state index in [1.807, 2.05) is 12.1 Å². The number of likely N-dealkylation sites (tertiary alicyclic amines) is 1. The van der Waals surface area contributed by atoms with Gasteiger partial charge in [-0.3, -0.25) is 4.90 Å². The standard InChI is InChI=1S/C16H24Cl2N2/c1-3-16(2)6-8-20(9-7-16)15(11-19)13-5-4-12(17)10-14(13)18/h4-5,10,15H,3,6-9,11,19H2,1-2H3. The molecule has 0 aliphatic carbocycles. The third-order valence-corrected chi connectivity index (χ3v) is 5.41. The maximum atomic E-state index is 6.34. The zero-order valence-electron chi connectivity index (χ0n) is 12.3. The molecule has 1 fully saturated rings. The Kier molecular flexibility index (Phi) is 5.36. The van der Waals surface area contributed by atoms with Gasteiger partial charge in [0.1, 0.15) is 0 Å². The molecule has 112 valence electrons. The second-order valence-corrected chi connectivity index (χ2v) is 6.96. The van der Waals surface area contributed by atoms with Crippen LogP contribution in [0.5, 0.6) is 0 Å². The van der Waals surface area contributed by atoms with Crippen molar-refractivity contribution in [2.45, 2.75) is 39.2 Å². The van der Waals surface area contributed by atoms with Crippen molar-refractivity contribution in [3.05, 3.63) is 33.8 Å². The summed E-state index contributed by atoms with van der Waals surface area (Å²) in [4.78, 5) is 2.46. The molecule has 0 bridgehead atoms. The second kappa shape index (κ2) is 6.65. The van der Waals surface area contributed by atoms with E-state index >= 15 is 0 Å². The van der Waals surface area contributed by atoms with Gasteiger partial charge in [-0.25, -0.2) is 0 Å². The van der Waals surface area contributed by atoms with Crippen molar-refractivity contribution < 1.29 is 0 Å². The highest BCUT2D eigenvalue weighted by molar-refractivity contribution is 6.35. The molecule has 1 aromatic carbocycles. The summed E-state index contributed by atoms with van der Waals surface area (Å²) in [7, 11) is 0. The van der Waals surface area contributed by atoms with E-state index in [2.05, 4.69) is 18.7 Å². The Morgan fingerprint density at radius 3 is 2.45 bits per heavy atom. The number of benzene rings is 1. The molecule has 2 N–H and O–H groups in total. The van der Waals surface area contributed by atoms with Crippen molar-refractivity contribution in [1.82, 2.24) is 4.90 Å². The molecule has 1 atom stereocenters. The van der Waals surface area contributed by atoms with Gasteiger partial charge in [-0.1, -0.05) is 49.5 Å². The number of piperidine rings is 1. The summed E-state index contributed by atoms with van der Waals surface area (Å²) in [5, 5.41) is 1.39. The summed E-state index contributed by atoms with van der Waals surface area (Å²) in [6.45, 7) is 7.43. The van der Waals surface area contributed by atoms with E-state index in [1.54, 1.807) is 6.07 Å². The first-order valence-electron chi connectivity index (χ1n) is 7.38. The average molecular weight is 315 g/mol. The first-order chi connectivity index (χ1) is 9.49. The number of hydrogen-bond donors (Lipinski definition) is 1. The topological polar surface area (TPSA) is 29.3 Å². The number of rotatable bonds is 4. The van der Waals surface area contributed by atoms with Crippen LogP contribution in [0.15, 0.2) is 18.2 Å². The van der Waals surface area contributed by atoms with E-state index in [-0.39, 0.29) is 6.04 Å². The average Bonchev–Trinajstić information content (AvgIpc) is 2.44. The molecule has 4 heteroatoms. The SMILES string of the molecule is CCC1(C)CCN(C(CN)c2ccc(Cl)cc2Cl)CC1. The zero-order valence-corrected chi connectivity index (χ0v) is 13.8. The van der Waals surface area contributed by atoms with Gasteiger partial charge in [0.2, 0.25) is 0 Å². The van der Waals surface area contributed by atoms with Gasteiger partial charge in [0, 0.05) is 22.6 Å². The molecular weight excluding hydrogens is 291 g/mol. The molecule has 0 aromatic heterocycles. The van der Waals surface area contributed by atoms with Crippen LogP contribution in [-0.4, -0.2) is 24.5 Å². The lowest BCUT2D eigenvalue weighted by atomic mass is 9.78. The largest absolute Gasteiger partial charge is 0.329 e. The molecule has 1 heterocycles. The Morgan fingerprint density at radius 2 is 1.95 bits per heavy atom. The van der Waals surface area contributed by atoms with Crippen LogP contribution in [0.3, 0.4) is 0 Å². The minimum Gasteiger partial charge on any atom is -0.329 e. The Morgan fingerprint density at radius 1 is 1.30 bits per heavy atom. The van der Waals surface area contributed by atoms with Crippen molar-refractivity contribution in [2.24, 2.45) is 11.1 Å². The third-order valence-electron chi connectivity index (χ3n) is 4.84. The minimum atomic E-state index is 0.196. The van der Waals surface area contributed by atoms with Crippen molar-refractivity contribution in [3.8, 4) is 0 Å². The summed E-state index contributed by atoms with van der Waals surface area (Å²) < 4.78 is 0. The highest BCUT2D eigenvalue weighted by atomic mass is 35.5. The molecule has 0 saturated carbocycles. The van der Waals surface area contributed by atoms with Crippen LogP contribution in [0.25, 0.3) is 0 Å². The van der Waals surface area contributed by atoms with Crippen molar-refractivity contribution in [1.29, 1.82) is 0 Å². The maximum absolute atomic E-state index is 6.34. The predicted octanol–water partition coefficient (Wildman–Crippen LogP) is 4.51. The first-order valence-corrected chi connectivity index (χ1v) is 8.14. The van der Waals surface area contributed by atoms with E-state index in [4.69, 9.17) is 28.9 Å². The summed E-state index contributed by atoms with van der Waals surface area (Å²) in [6.07, 6.45) is 3.70. The van der Waals surface area contributed by atoms with Crippen molar-refractivity contribution in [2.75, 3.05) is 19.6 Å². The molecule has 2 nitrogen and oxygen atoms in total. The monoisotopic (exact) mass is 314 g/mol. The van der Waals surface area contributed by atoms with Crippen LogP contribution in [0.1, 0.15) is 44.7 Å². The molecule has 1 unspecified atom stereocenters. The lowest BCUT2D eigenvalue weighted by molar-refractivity contribution is 0.0829. The van der Waals surface area contributed by atoms with E-state index in [1.165, 1.54) is 19.3 Å². The molecule has 2 rings (SSSR count).